The minimum Gasteiger partial charge on any atom is -0.339 e. The second-order valence-electron chi connectivity index (χ2n) is 2.54. The molecule has 0 heterocycles. The van der Waals surface area contributed by atoms with Crippen LogP contribution < -0.4 is 0 Å². The van der Waals surface area contributed by atoms with Crippen molar-refractivity contribution in [1.29, 1.82) is 0 Å². The van der Waals surface area contributed by atoms with Crippen molar-refractivity contribution >= 4 is 5.91 Å². The Balaban J connectivity index is 4.62. The highest BCUT2D eigenvalue weighted by atomic mass is 16.2. The van der Waals surface area contributed by atoms with Crippen molar-refractivity contribution < 1.29 is 4.79 Å². The van der Waals surface area contributed by atoms with Gasteiger partial charge >= 0.3 is 0 Å². The lowest BCUT2D eigenvalue weighted by atomic mass is 10.2. The molecule has 0 saturated heterocycles. The van der Waals surface area contributed by atoms with Crippen molar-refractivity contribution in [1.82, 2.24) is 4.90 Å². The normalized spacial score (nSPS) is 10.8. The molecule has 0 radical (unpaired) electrons. The molecule has 13 heavy (non-hydrogen) atoms. The van der Waals surface area contributed by atoms with Crippen molar-refractivity contribution in [2.75, 3.05) is 13.1 Å². The number of carbonyl (C=O) groups excluding carboxylic acids is 1. The molecule has 1 amide bonds. The predicted octanol–water partition coefficient (Wildman–Crippen LogP) is 2.15. The maximum atomic E-state index is 11.7. The molecule has 2 heteroatoms. The lowest BCUT2D eigenvalue weighted by molar-refractivity contribution is -0.126. The highest BCUT2D eigenvalue weighted by Crippen LogP contribution is 2.03. The summed E-state index contributed by atoms with van der Waals surface area (Å²) in [5.74, 6) is 0.0138. The summed E-state index contributed by atoms with van der Waals surface area (Å²) in [5, 5.41) is 0. The number of likely N-dealkylation sites (N-methyl/N-ethyl adjacent to an activating group) is 1. The SMILES string of the molecule is C=CC=C(C=C)C(=O)N(CC)CC. The highest BCUT2D eigenvalue weighted by molar-refractivity contribution is 5.96. The van der Waals surface area contributed by atoms with Gasteiger partial charge in [-0.15, -0.1) is 0 Å². The van der Waals surface area contributed by atoms with E-state index in [-0.39, 0.29) is 5.91 Å². The van der Waals surface area contributed by atoms with Crippen molar-refractivity contribution in [2.24, 2.45) is 0 Å². The van der Waals surface area contributed by atoms with Crippen LogP contribution in [0.4, 0.5) is 0 Å². The molecular formula is C11H17NO. The molecule has 0 bridgehead atoms. The molecule has 2 nitrogen and oxygen atoms in total. The lowest BCUT2D eigenvalue weighted by Gasteiger charge is -2.18. The molecule has 0 unspecified atom stereocenters. The Labute approximate surface area is 80.2 Å². The second kappa shape index (κ2) is 6.23. The van der Waals surface area contributed by atoms with E-state index in [9.17, 15) is 4.79 Å². The number of hydrogen-bond donors (Lipinski definition) is 0. The van der Waals surface area contributed by atoms with Crippen LogP contribution in [-0.4, -0.2) is 23.9 Å². The molecule has 0 fully saturated rings. The van der Waals surface area contributed by atoms with Crippen molar-refractivity contribution in [2.45, 2.75) is 13.8 Å². The Hall–Kier alpha value is -1.31. The van der Waals surface area contributed by atoms with Gasteiger partial charge < -0.3 is 4.90 Å². The van der Waals surface area contributed by atoms with Gasteiger partial charge in [-0.2, -0.15) is 0 Å². The Kier molecular flexibility index (Phi) is 5.60. The monoisotopic (exact) mass is 179 g/mol. The zero-order valence-corrected chi connectivity index (χ0v) is 8.42. The van der Waals surface area contributed by atoms with Gasteiger partial charge in [0.15, 0.2) is 0 Å². The van der Waals surface area contributed by atoms with Gasteiger partial charge in [-0.1, -0.05) is 31.4 Å². The standard InChI is InChI=1S/C11H17NO/c1-5-9-10(6-2)11(13)12(7-3)8-4/h5-6,9H,1-2,7-8H2,3-4H3. The molecular weight excluding hydrogens is 162 g/mol. The number of hydrogen-bond acceptors (Lipinski definition) is 1. The summed E-state index contributed by atoms with van der Waals surface area (Å²) in [6.07, 6.45) is 4.83. The zero-order chi connectivity index (χ0) is 10.3. The maximum absolute atomic E-state index is 11.7. The molecule has 0 aromatic carbocycles. The number of allylic oxidation sites excluding steroid dienone is 2. The number of carbonyl (C=O) groups is 1. The molecule has 0 atom stereocenters. The van der Waals surface area contributed by atoms with Gasteiger partial charge in [-0.05, 0) is 13.8 Å². The van der Waals surface area contributed by atoms with E-state index < -0.39 is 0 Å². The first-order valence-corrected chi connectivity index (χ1v) is 4.45. The molecule has 0 rings (SSSR count). The Morgan fingerprint density at radius 2 is 1.85 bits per heavy atom. The molecule has 0 aliphatic carbocycles. The summed E-state index contributed by atoms with van der Waals surface area (Å²) >= 11 is 0. The first-order valence-electron chi connectivity index (χ1n) is 4.45. The van der Waals surface area contributed by atoms with Crippen LogP contribution in [0.2, 0.25) is 0 Å². The van der Waals surface area contributed by atoms with Gasteiger partial charge in [0.1, 0.15) is 0 Å². The predicted molar refractivity (Wildman–Crippen MR) is 56.4 cm³/mol. The van der Waals surface area contributed by atoms with Crippen molar-refractivity contribution in [3.63, 3.8) is 0 Å². The van der Waals surface area contributed by atoms with Gasteiger partial charge in [0.05, 0.1) is 0 Å². The first kappa shape index (κ1) is 11.7. The molecule has 0 aromatic heterocycles. The van der Waals surface area contributed by atoms with E-state index in [4.69, 9.17) is 0 Å². The van der Waals surface area contributed by atoms with Crippen molar-refractivity contribution in [3.05, 3.63) is 37.0 Å². The van der Waals surface area contributed by atoms with E-state index in [2.05, 4.69) is 13.2 Å². The third kappa shape index (κ3) is 3.28. The lowest BCUT2D eigenvalue weighted by Crippen LogP contribution is -2.31. The Bertz CT molecular complexity index is 224. The molecule has 0 N–H and O–H groups in total. The largest absolute Gasteiger partial charge is 0.339 e. The second-order valence-corrected chi connectivity index (χ2v) is 2.54. The topological polar surface area (TPSA) is 20.3 Å². The summed E-state index contributed by atoms with van der Waals surface area (Å²) in [4.78, 5) is 13.4. The molecule has 0 aliphatic rings. The summed E-state index contributed by atoms with van der Waals surface area (Å²) in [6.45, 7) is 12.5. The van der Waals surface area contributed by atoms with Gasteiger partial charge in [-0.25, -0.2) is 0 Å². The summed E-state index contributed by atoms with van der Waals surface area (Å²) in [7, 11) is 0. The van der Waals surface area contributed by atoms with E-state index in [1.165, 1.54) is 0 Å². The summed E-state index contributed by atoms with van der Waals surface area (Å²) in [6, 6.07) is 0. The van der Waals surface area contributed by atoms with Crippen LogP contribution in [0.15, 0.2) is 37.0 Å². The van der Waals surface area contributed by atoms with Crippen LogP contribution in [0.25, 0.3) is 0 Å². The minimum absolute atomic E-state index is 0.0138. The third-order valence-electron chi connectivity index (χ3n) is 1.81. The number of nitrogens with zero attached hydrogens (tertiary/aromatic N) is 1. The van der Waals surface area contributed by atoms with Crippen LogP contribution in [0.1, 0.15) is 13.8 Å². The van der Waals surface area contributed by atoms with Crippen LogP contribution >= 0.6 is 0 Å². The van der Waals surface area contributed by atoms with Gasteiger partial charge in [0.25, 0.3) is 5.91 Å². The van der Waals surface area contributed by atoms with Gasteiger partial charge in [0, 0.05) is 18.7 Å². The molecule has 0 saturated carbocycles. The average molecular weight is 179 g/mol. The smallest absolute Gasteiger partial charge is 0.253 e. The van der Waals surface area contributed by atoms with Crippen LogP contribution in [-0.2, 0) is 4.79 Å². The van der Waals surface area contributed by atoms with Crippen LogP contribution in [0.3, 0.4) is 0 Å². The Morgan fingerprint density at radius 3 is 2.15 bits per heavy atom. The summed E-state index contributed by atoms with van der Waals surface area (Å²) < 4.78 is 0. The fourth-order valence-corrected chi connectivity index (χ4v) is 1.05. The van der Waals surface area contributed by atoms with Crippen molar-refractivity contribution in [3.8, 4) is 0 Å². The molecule has 0 aromatic rings. The Morgan fingerprint density at radius 1 is 1.31 bits per heavy atom. The van der Waals surface area contributed by atoms with E-state index in [0.717, 1.165) is 13.1 Å². The van der Waals surface area contributed by atoms with E-state index >= 15 is 0 Å². The van der Waals surface area contributed by atoms with Gasteiger partial charge in [0.2, 0.25) is 0 Å². The fourth-order valence-electron chi connectivity index (χ4n) is 1.05. The van der Waals surface area contributed by atoms with E-state index in [1.807, 2.05) is 13.8 Å². The quantitative estimate of drug-likeness (QED) is 0.468. The molecule has 72 valence electrons. The van der Waals surface area contributed by atoms with E-state index in [1.54, 1.807) is 23.1 Å². The maximum Gasteiger partial charge on any atom is 0.253 e. The van der Waals surface area contributed by atoms with Gasteiger partial charge in [-0.3, -0.25) is 4.79 Å². The third-order valence-corrected chi connectivity index (χ3v) is 1.81. The average Bonchev–Trinajstić information content (AvgIpc) is 2.15. The number of rotatable bonds is 5. The minimum atomic E-state index is 0.0138. The zero-order valence-electron chi connectivity index (χ0n) is 8.42. The number of amides is 1. The molecule has 0 aliphatic heterocycles. The first-order chi connectivity index (χ1) is 6.21. The van der Waals surface area contributed by atoms with Crippen LogP contribution in [0.5, 0.6) is 0 Å². The van der Waals surface area contributed by atoms with E-state index in [0.29, 0.717) is 5.57 Å². The molecule has 0 spiro atoms. The summed E-state index contributed by atoms with van der Waals surface area (Å²) in [5.41, 5.74) is 0.596. The highest BCUT2D eigenvalue weighted by Gasteiger charge is 2.11. The fraction of sp³-hybridized carbons (Fsp3) is 0.364. The van der Waals surface area contributed by atoms with Crippen LogP contribution in [0, 0.1) is 0 Å².